The topological polar surface area (TPSA) is 43.8 Å². The summed E-state index contributed by atoms with van der Waals surface area (Å²) < 4.78 is 3.20. The molecule has 0 aliphatic carbocycles. The van der Waals surface area contributed by atoms with Crippen molar-refractivity contribution in [1.29, 1.82) is 0 Å². The van der Waals surface area contributed by atoms with Gasteiger partial charge in [-0.2, -0.15) is 0 Å². The quantitative estimate of drug-likeness (QED) is 0.942. The molecule has 0 bridgehead atoms. The van der Waals surface area contributed by atoms with Crippen molar-refractivity contribution in [2.75, 3.05) is 0 Å². The Kier molecular flexibility index (Phi) is 3.84. The lowest BCUT2D eigenvalue weighted by Gasteiger charge is -2.09. The first kappa shape index (κ1) is 12.6. The fourth-order valence-corrected chi connectivity index (χ4v) is 2.46. The van der Waals surface area contributed by atoms with Crippen molar-refractivity contribution in [3.8, 4) is 0 Å². The van der Waals surface area contributed by atoms with E-state index in [9.17, 15) is 0 Å². The van der Waals surface area contributed by atoms with Crippen LogP contribution in [0.25, 0.3) is 11.0 Å². The summed E-state index contributed by atoms with van der Waals surface area (Å²) in [6.07, 6.45) is 3.01. The summed E-state index contributed by atoms with van der Waals surface area (Å²) in [5.41, 5.74) is 8.26. The van der Waals surface area contributed by atoms with Gasteiger partial charge in [-0.05, 0) is 24.6 Å². The Morgan fingerprint density at radius 1 is 1.47 bits per heavy atom. The first-order valence-electron chi connectivity index (χ1n) is 5.98. The molecule has 1 unspecified atom stereocenters. The van der Waals surface area contributed by atoms with Crippen LogP contribution in [-0.4, -0.2) is 15.6 Å². The number of benzene rings is 1. The van der Waals surface area contributed by atoms with E-state index in [2.05, 4.69) is 45.5 Å². The van der Waals surface area contributed by atoms with E-state index in [1.807, 2.05) is 12.1 Å². The molecule has 17 heavy (non-hydrogen) atoms. The molecule has 1 aromatic carbocycles. The standard InChI is InChI=1S/C13H18BrN3/c1-3-4-10(15)8-13-16-11-7-9(14)5-6-12(11)17(13)2/h5-7,10H,3-4,8,15H2,1-2H3. The van der Waals surface area contributed by atoms with E-state index in [4.69, 9.17) is 5.73 Å². The predicted octanol–water partition coefficient (Wildman–Crippen LogP) is 3.01. The zero-order valence-corrected chi connectivity index (χ0v) is 11.9. The number of aromatic nitrogens is 2. The van der Waals surface area contributed by atoms with E-state index >= 15 is 0 Å². The zero-order chi connectivity index (χ0) is 12.4. The first-order valence-corrected chi connectivity index (χ1v) is 6.77. The molecule has 92 valence electrons. The molecule has 0 fully saturated rings. The molecular formula is C13H18BrN3. The molecule has 4 heteroatoms. The zero-order valence-electron chi connectivity index (χ0n) is 10.3. The van der Waals surface area contributed by atoms with Crippen LogP contribution in [0.4, 0.5) is 0 Å². The van der Waals surface area contributed by atoms with E-state index in [1.54, 1.807) is 0 Å². The third kappa shape index (κ3) is 2.69. The van der Waals surface area contributed by atoms with Crippen molar-refractivity contribution in [2.24, 2.45) is 12.8 Å². The van der Waals surface area contributed by atoms with Crippen LogP contribution in [0.3, 0.4) is 0 Å². The van der Waals surface area contributed by atoms with Gasteiger partial charge >= 0.3 is 0 Å². The molecule has 0 saturated carbocycles. The van der Waals surface area contributed by atoms with E-state index < -0.39 is 0 Å². The maximum absolute atomic E-state index is 6.07. The summed E-state index contributed by atoms with van der Waals surface area (Å²) in [6, 6.07) is 6.38. The van der Waals surface area contributed by atoms with Gasteiger partial charge in [-0.3, -0.25) is 0 Å². The van der Waals surface area contributed by atoms with Gasteiger partial charge in [0.15, 0.2) is 0 Å². The molecule has 0 radical (unpaired) electrons. The number of nitrogens with two attached hydrogens (primary N) is 1. The maximum atomic E-state index is 6.07. The minimum Gasteiger partial charge on any atom is -0.331 e. The van der Waals surface area contributed by atoms with Crippen LogP contribution in [-0.2, 0) is 13.5 Å². The molecule has 3 nitrogen and oxygen atoms in total. The summed E-state index contributed by atoms with van der Waals surface area (Å²) in [5.74, 6) is 1.07. The highest BCUT2D eigenvalue weighted by Gasteiger charge is 2.11. The summed E-state index contributed by atoms with van der Waals surface area (Å²) in [4.78, 5) is 4.65. The van der Waals surface area contributed by atoms with Crippen LogP contribution in [0.5, 0.6) is 0 Å². The normalized spacial score (nSPS) is 13.2. The molecule has 1 aromatic heterocycles. The number of fused-ring (bicyclic) bond motifs is 1. The number of hydrogen-bond acceptors (Lipinski definition) is 2. The molecule has 0 aliphatic rings. The van der Waals surface area contributed by atoms with Gasteiger partial charge in [0.2, 0.25) is 0 Å². The van der Waals surface area contributed by atoms with Gasteiger partial charge in [0.25, 0.3) is 0 Å². The highest BCUT2D eigenvalue weighted by atomic mass is 79.9. The Morgan fingerprint density at radius 3 is 2.94 bits per heavy atom. The van der Waals surface area contributed by atoms with E-state index in [0.29, 0.717) is 0 Å². The van der Waals surface area contributed by atoms with E-state index in [-0.39, 0.29) is 6.04 Å². The Bertz CT molecular complexity index is 519. The third-order valence-corrected chi connectivity index (χ3v) is 3.53. The minimum absolute atomic E-state index is 0.207. The Hall–Kier alpha value is -0.870. The number of nitrogens with zero attached hydrogens (tertiary/aromatic N) is 2. The van der Waals surface area contributed by atoms with Gasteiger partial charge in [-0.1, -0.05) is 29.3 Å². The second-order valence-electron chi connectivity index (χ2n) is 4.47. The lowest BCUT2D eigenvalue weighted by molar-refractivity contribution is 0.576. The number of aryl methyl sites for hydroxylation is 1. The Labute approximate surface area is 110 Å². The molecule has 0 aliphatic heterocycles. The van der Waals surface area contributed by atoms with Gasteiger partial charge in [0, 0.05) is 24.0 Å². The van der Waals surface area contributed by atoms with E-state index in [1.165, 1.54) is 0 Å². The van der Waals surface area contributed by atoms with Gasteiger partial charge in [-0.25, -0.2) is 4.98 Å². The second kappa shape index (κ2) is 5.19. The van der Waals surface area contributed by atoms with Crippen molar-refractivity contribution in [1.82, 2.24) is 9.55 Å². The second-order valence-corrected chi connectivity index (χ2v) is 5.39. The average molecular weight is 296 g/mol. The average Bonchev–Trinajstić information content (AvgIpc) is 2.55. The summed E-state index contributed by atoms with van der Waals surface area (Å²) in [7, 11) is 2.05. The maximum Gasteiger partial charge on any atom is 0.111 e. The molecule has 0 saturated heterocycles. The molecule has 2 aromatic rings. The fourth-order valence-electron chi connectivity index (χ4n) is 2.11. The van der Waals surface area contributed by atoms with Crippen molar-refractivity contribution in [3.05, 3.63) is 28.5 Å². The van der Waals surface area contributed by atoms with Gasteiger partial charge in [0.1, 0.15) is 5.82 Å². The highest BCUT2D eigenvalue weighted by molar-refractivity contribution is 9.10. The highest BCUT2D eigenvalue weighted by Crippen LogP contribution is 2.20. The first-order chi connectivity index (χ1) is 8.11. The van der Waals surface area contributed by atoms with Crippen LogP contribution >= 0.6 is 15.9 Å². The monoisotopic (exact) mass is 295 g/mol. The van der Waals surface area contributed by atoms with Crippen molar-refractivity contribution >= 4 is 27.0 Å². The van der Waals surface area contributed by atoms with Gasteiger partial charge in [0.05, 0.1) is 11.0 Å². The molecule has 0 spiro atoms. The van der Waals surface area contributed by atoms with Crippen LogP contribution in [0.1, 0.15) is 25.6 Å². The smallest absolute Gasteiger partial charge is 0.111 e. The van der Waals surface area contributed by atoms with Crippen molar-refractivity contribution in [3.63, 3.8) is 0 Å². The molecule has 2 N–H and O–H groups in total. The molecule has 0 amide bonds. The lowest BCUT2D eigenvalue weighted by Crippen LogP contribution is -2.23. The summed E-state index contributed by atoms with van der Waals surface area (Å²) >= 11 is 3.47. The van der Waals surface area contributed by atoms with Gasteiger partial charge < -0.3 is 10.3 Å². The number of halogens is 1. The Morgan fingerprint density at radius 2 is 2.24 bits per heavy atom. The largest absolute Gasteiger partial charge is 0.331 e. The SMILES string of the molecule is CCCC(N)Cc1nc2cc(Br)ccc2n1C. The van der Waals surface area contributed by atoms with Crippen LogP contribution in [0.2, 0.25) is 0 Å². The number of rotatable bonds is 4. The van der Waals surface area contributed by atoms with Crippen LogP contribution in [0, 0.1) is 0 Å². The van der Waals surface area contributed by atoms with Crippen molar-refractivity contribution < 1.29 is 0 Å². The fraction of sp³-hybridized carbons (Fsp3) is 0.462. The molecule has 1 heterocycles. The van der Waals surface area contributed by atoms with Crippen LogP contribution in [0.15, 0.2) is 22.7 Å². The lowest BCUT2D eigenvalue weighted by atomic mass is 10.1. The number of imidazole rings is 1. The van der Waals surface area contributed by atoms with Crippen molar-refractivity contribution in [2.45, 2.75) is 32.2 Å². The number of hydrogen-bond donors (Lipinski definition) is 1. The Balaban J connectivity index is 2.32. The van der Waals surface area contributed by atoms with Gasteiger partial charge in [-0.15, -0.1) is 0 Å². The summed E-state index contributed by atoms with van der Waals surface area (Å²) in [5, 5.41) is 0. The predicted molar refractivity (Wildman–Crippen MR) is 75.0 cm³/mol. The van der Waals surface area contributed by atoms with Crippen LogP contribution < -0.4 is 5.73 Å². The minimum atomic E-state index is 0.207. The molecule has 1 atom stereocenters. The third-order valence-electron chi connectivity index (χ3n) is 3.04. The molecular weight excluding hydrogens is 278 g/mol. The summed E-state index contributed by atoms with van der Waals surface area (Å²) in [6.45, 7) is 2.16. The molecule has 2 rings (SSSR count). The van der Waals surface area contributed by atoms with E-state index in [0.717, 1.165) is 40.6 Å².